The van der Waals surface area contributed by atoms with Crippen molar-refractivity contribution < 1.29 is 34.2 Å². The monoisotopic (exact) mass is 450 g/mol. The van der Waals surface area contributed by atoms with Crippen molar-refractivity contribution in [1.82, 2.24) is 16.0 Å². The molecule has 0 spiro atoms. The summed E-state index contributed by atoms with van der Waals surface area (Å²) in [6.07, 6.45) is -0.783. The summed E-state index contributed by atoms with van der Waals surface area (Å²) in [5.74, 6) is -5.97. The van der Waals surface area contributed by atoms with Crippen LogP contribution in [0.25, 0.3) is 0 Å². The fraction of sp³-hybridized carbons (Fsp3) is 0.368. The second kappa shape index (κ2) is 11.9. The molecule has 2 atom stereocenters. The molecule has 0 bridgehead atoms. The number of carboxylic acids is 2. The lowest BCUT2D eigenvalue weighted by atomic mass is 10.0. The predicted octanol–water partition coefficient (Wildman–Crippen LogP) is -1.09. The average molecular weight is 450 g/mol. The summed E-state index contributed by atoms with van der Waals surface area (Å²) in [7, 11) is 0. The molecule has 0 heterocycles. The lowest BCUT2D eigenvalue weighted by Gasteiger charge is -2.22. The van der Waals surface area contributed by atoms with Gasteiger partial charge in [-0.3, -0.25) is 24.6 Å². The fourth-order valence-corrected chi connectivity index (χ4v) is 2.55. The number of carboxylic acid groups (broad SMARTS) is 2. The van der Waals surface area contributed by atoms with E-state index in [0.717, 1.165) is 0 Å². The van der Waals surface area contributed by atoms with Crippen molar-refractivity contribution in [2.75, 3.05) is 11.9 Å². The molecule has 0 aliphatic rings. The van der Waals surface area contributed by atoms with Crippen molar-refractivity contribution in [2.24, 2.45) is 11.7 Å². The number of guanidine groups is 1. The van der Waals surface area contributed by atoms with E-state index >= 15 is 0 Å². The standard InChI is InChI=1S/C19H26N6O7/c1-9(2)15(18(31)32)25-17(30)12(7-14(27)28)24-13(26)8-22-16(29)10-4-3-5-11(6-10)23-19(20)21/h3-6,9,12,15H,7-8H2,1-2H3,(H,22,29)(H,24,26)(H,25,30)(H,27,28)(H,31,32)(H4,20,21,23)/t12-,15-/m0/s1. The number of hydrogen-bond donors (Lipinski definition) is 8. The molecule has 1 rings (SSSR count). The first-order valence-corrected chi connectivity index (χ1v) is 9.44. The maximum Gasteiger partial charge on any atom is 0.326 e. The molecule has 13 nitrogen and oxygen atoms in total. The van der Waals surface area contributed by atoms with Gasteiger partial charge in [0.1, 0.15) is 12.1 Å². The lowest BCUT2D eigenvalue weighted by molar-refractivity contribution is -0.144. The average Bonchev–Trinajstić information content (AvgIpc) is 2.68. The minimum absolute atomic E-state index is 0.158. The number of amides is 3. The molecular weight excluding hydrogens is 424 g/mol. The van der Waals surface area contributed by atoms with Crippen molar-refractivity contribution in [3.8, 4) is 0 Å². The summed E-state index contributed by atoms with van der Waals surface area (Å²) < 4.78 is 0. The van der Waals surface area contributed by atoms with E-state index in [1.54, 1.807) is 19.9 Å². The predicted molar refractivity (Wildman–Crippen MR) is 113 cm³/mol. The molecule has 0 aliphatic heterocycles. The Bertz CT molecular complexity index is 902. The van der Waals surface area contributed by atoms with Gasteiger partial charge in [0, 0.05) is 11.3 Å². The minimum atomic E-state index is -1.54. The molecule has 3 amide bonds. The van der Waals surface area contributed by atoms with E-state index in [-0.39, 0.29) is 11.5 Å². The van der Waals surface area contributed by atoms with Crippen LogP contribution in [0.2, 0.25) is 0 Å². The number of anilines is 1. The van der Waals surface area contributed by atoms with Gasteiger partial charge in [0.25, 0.3) is 5.91 Å². The fourth-order valence-electron chi connectivity index (χ4n) is 2.55. The van der Waals surface area contributed by atoms with E-state index in [0.29, 0.717) is 5.69 Å². The molecule has 0 aliphatic carbocycles. The molecule has 1 aromatic carbocycles. The van der Waals surface area contributed by atoms with E-state index in [2.05, 4.69) is 21.3 Å². The van der Waals surface area contributed by atoms with Crippen molar-refractivity contribution in [3.05, 3.63) is 29.8 Å². The van der Waals surface area contributed by atoms with Gasteiger partial charge in [-0.15, -0.1) is 0 Å². The molecule has 0 saturated carbocycles. The van der Waals surface area contributed by atoms with Crippen LogP contribution in [0.5, 0.6) is 0 Å². The third-order valence-corrected chi connectivity index (χ3v) is 4.07. The van der Waals surface area contributed by atoms with Crippen molar-refractivity contribution in [1.29, 1.82) is 5.41 Å². The van der Waals surface area contributed by atoms with Gasteiger partial charge in [-0.25, -0.2) is 4.79 Å². The van der Waals surface area contributed by atoms with E-state index in [4.69, 9.17) is 16.2 Å². The number of hydrogen-bond acceptors (Lipinski definition) is 6. The van der Waals surface area contributed by atoms with Crippen LogP contribution in [0.15, 0.2) is 24.3 Å². The van der Waals surface area contributed by atoms with Gasteiger partial charge in [-0.1, -0.05) is 19.9 Å². The van der Waals surface area contributed by atoms with Gasteiger partial charge < -0.3 is 37.2 Å². The maximum absolute atomic E-state index is 12.3. The van der Waals surface area contributed by atoms with Crippen LogP contribution in [-0.2, 0) is 19.2 Å². The Hall–Kier alpha value is -4.16. The Morgan fingerprint density at radius 1 is 1.09 bits per heavy atom. The Kier molecular flexibility index (Phi) is 9.61. The molecule has 0 saturated heterocycles. The second-order valence-corrected chi connectivity index (χ2v) is 7.09. The van der Waals surface area contributed by atoms with Crippen LogP contribution in [0.3, 0.4) is 0 Å². The summed E-state index contributed by atoms with van der Waals surface area (Å²) in [5.41, 5.74) is 5.77. The van der Waals surface area contributed by atoms with Gasteiger partial charge in [-0.05, 0) is 24.1 Å². The zero-order valence-corrected chi connectivity index (χ0v) is 17.5. The van der Waals surface area contributed by atoms with Gasteiger partial charge in [0.2, 0.25) is 11.8 Å². The summed E-state index contributed by atoms with van der Waals surface area (Å²) in [6, 6.07) is 3.14. The Labute approximate surface area is 183 Å². The number of carbonyl (C=O) groups is 5. The molecule has 1 aromatic rings. The third-order valence-electron chi connectivity index (χ3n) is 4.07. The van der Waals surface area contributed by atoms with Crippen LogP contribution in [0.1, 0.15) is 30.6 Å². The van der Waals surface area contributed by atoms with Gasteiger partial charge >= 0.3 is 11.9 Å². The molecule has 0 radical (unpaired) electrons. The number of benzene rings is 1. The first-order valence-electron chi connectivity index (χ1n) is 9.44. The van der Waals surface area contributed by atoms with Crippen LogP contribution in [-0.4, -0.2) is 64.5 Å². The molecule has 0 aromatic heterocycles. The number of rotatable bonds is 11. The van der Waals surface area contributed by atoms with E-state index in [9.17, 15) is 29.1 Å². The maximum atomic E-state index is 12.3. The Morgan fingerprint density at radius 3 is 2.28 bits per heavy atom. The lowest BCUT2D eigenvalue weighted by Crippen LogP contribution is -2.54. The van der Waals surface area contributed by atoms with Gasteiger partial charge in [0.05, 0.1) is 13.0 Å². The first-order chi connectivity index (χ1) is 14.9. The molecule has 32 heavy (non-hydrogen) atoms. The molecule has 174 valence electrons. The highest BCUT2D eigenvalue weighted by Crippen LogP contribution is 2.10. The molecular formula is C19H26N6O7. The number of aliphatic carboxylic acids is 2. The van der Waals surface area contributed by atoms with E-state index in [1.165, 1.54) is 18.2 Å². The largest absolute Gasteiger partial charge is 0.481 e. The van der Waals surface area contributed by atoms with Crippen molar-refractivity contribution in [3.63, 3.8) is 0 Å². The summed E-state index contributed by atoms with van der Waals surface area (Å²) in [4.78, 5) is 59.1. The summed E-state index contributed by atoms with van der Waals surface area (Å²) >= 11 is 0. The van der Waals surface area contributed by atoms with E-state index in [1.807, 2.05) is 0 Å². The third kappa shape index (κ3) is 8.69. The van der Waals surface area contributed by atoms with Crippen LogP contribution in [0.4, 0.5) is 5.69 Å². The van der Waals surface area contributed by atoms with Crippen LogP contribution < -0.4 is 27.0 Å². The Balaban J connectivity index is 2.76. The van der Waals surface area contributed by atoms with Gasteiger partial charge in [-0.2, -0.15) is 0 Å². The molecule has 0 fully saturated rings. The van der Waals surface area contributed by atoms with Crippen molar-refractivity contribution in [2.45, 2.75) is 32.4 Å². The minimum Gasteiger partial charge on any atom is -0.481 e. The summed E-state index contributed by atoms with van der Waals surface area (Å²) in [6.45, 7) is 2.54. The first kappa shape index (κ1) is 25.9. The highest BCUT2D eigenvalue weighted by molar-refractivity contribution is 5.99. The van der Waals surface area contributed by atoms with Crippen molar-refractivity contribution >= 4 is 41.3 Å². The molecule has 13 heteroatoms. The highest BCUT2D eigenvalue weighted by Gasteiger charge is 2.29. The number of nitrogens with two attached hydrogens (primary N) is 1. The zero-order valence-electron chi connectivity index (χ0n) is 17.5. The summed E-state index contributed by atoms with van der Waals surface area (Å²) in [5, 5.41) is 34.6. The zero-order chi connectivity index (χ0) is 24.4. The number of carbonyl (C=O) groups excluding carboxylic acids is 3. The van der Waals surface area contributed by atoms with Crippen LogP contribution in [0, 0.1) is 11.3 Å². The SMILES string of the molecule is CC(C)[C@H](NC(=O)[C@H](CC(=O)O)NC(=O)CNC(=O)c1cccc(NC(=N)N)c1)C(=O)O. The quantitative estimate of drug-likeness (QED) is 0.151. The van der Waals surface area contributed by atoms with Crippen LogP contribution >= 0.6 is 0 Å². The van der Waals surface area contributed by atoms with E-state index < -0.39 is 60.6 Å². The molecule has 9 N–H and O–H groups in total. The molecule has 0 unspecified atom stereocenters. The highest BCUT2D eigenvalue weighted by atomic mass is 16.4. The number of nitrogens with one attached hydrogen (secondary N) is 5. The normalized spacial score (nSPS) is 12.2. The Morgan fingerprint density at radius 2 is 1.75 bits per heavy atom. The second-order valence-electron chi connectivity index (χ2n) is 7.09. The topological polar surface area (TPSA) is 224 Å². The smallest absolute Gasteiger partial charge is 0.326 e. The van der Waals surface area contributed by atoms with Gasteiger partial charge in [0.15, 0.2) is 5.96 Å².